The number of nitrogens with one attached hydrogen (secondary N) is 2. The fraction of sp³-hybridized carbons (Fsp3) is 0.474. The standard InChI is InChI=1S/C19H27N3O4S/c1-4-12-26-17(24)11-10-16(23)21-19(27)20-15-9-7-8-14(13-15)18(25)22(5-2)6-3/h7-9,13H,4-6,10-12H2,1-3H3,(H2,20,21,23,27). The number of nitrogens with zero attached hydrogens (tertiary/aromatic N) is 1. The maximum atomic E-state index is 12.4. The van der Waals surface area contributed by atoms with E-state index in [4.69, 9.17) is 17.0 Å². The summed E-state index contributed by atoms with van der Waals surface area (Å²) in [5.41, 5.74) is 1.14. The zero-order chi connectivity index (χ0) is 20.2. The molecular formula is C19H27N3O4S. The van der Waals surface area contributed by atoms with Crippen molar-refractivity contribution in [3.8, 4) is 0 Å². The molecule has 8 heteroatoms. The lowest BCUT2D eigenvalue weighted by atomic mass is 10.1. The number of carbonyl (C=O) groups is 3. The van der Waals surface area contributed by atoms with E-state index in [1.54, 1.807) is 29.2 Å². The summed E-state index contributed by atoms with van der Waals surface area (Å²) in [6.45, 7) is 7.35. The van der Waals surface area contributed by atoms with Gasteiger partial charge < -0.3 is 20.3 Å². The molecule has 0 unspecified atom stereocenters. The molecule has 27 heavy (non-hydrogen) atoms. The molecule has 0 aliphatic heterocycles. The Bertz CT molecular complexity index is 675. The van der Waals surface area contributed by atoms with E-state index in [1.807, 2.05) is 20.8 Å². The van der Waals surface area contributed by atoms with Crippen LogP contribution in [0.25, 0.3) is 0 Å². The Labute approximate surface area is 165 Å². The Kier molecular flexibility index (Phi) is 10.0. The van der Waals surface area contributed by atoms with E-state index in [-0.39, 0.29) is 29.8 Å². The lowest BCUT2D eigenvalue weighted by Gasteiger charge is -2.19. The second kappa shape index (κ2) is 12.0. The summed E-state index contributed by atoms with van der Waals surface area (Å²) in [4.78, 5) is 37.4. The highest BCUT2D eigenvalue weighted by Gasteiger charge is 2.13. The number of hydrogen-bond donors (Lipinski definition) is 2. The van der Waals surface area contributed by atoms with Gasteiger partial charge in [-0.3, -0.25) is 14.4 Å². The van der Waals surface area contributed by atoms with E-state index in [0.29, 0.717) is 30.9 Å². The molecule has 0 aliphatic rings. The molecule has 0 saturated carbocycles. The number of benzene rings is 1. The number of esters is 1. The van der Waals surface area contributed by atoms with Gasteiger partial charge in [-0.15, -0.1) is 0 Å². The second-order valence-electron chi connectivity index (χ2n) is 5.78. The molecule has 0 fully saturated rings. The van der Waals surface area contributed by atoms with Gasteiger partial charge in [-0.05, 0) is 50.7 Å². The summed E-state index contributed by atoms with van der Waals surface area (Å²) in [6.07, 6.45) is 0.731. The van der Waals surface area contributed by atoms with Crippen LogP contribution in [0.3, 0.4) is 0 Å². The van der Waals surface area contributed by atoms with Gasteiger partial charge in [-0.2, -0.15) is 0 Å². The zero-order valence-corrected chi connectivity index (χ0v) is 16.9. The number of rotatable bonds is 9. The summed E-state index contributed by atoms with van der Waals surface area (Å²) < 4.78 is 4.91. The van der Waals surface area contributed by atoms with Gasteiger partial charge in [0.2, 0.25) is 5.91 Å². The molecule has 0 atom stereocenters. The largest absolute Gasteiger partial charge is 0.466 e. The molecule has 0 bridgehead atoms. The minimum Gasteiger partial charge on any atom is -0.466 e. The first-order valence-electron chi connectivity index (χ1n) is 9.07. The fourth-order valence-electron chi connectivity index (χ4n) is 2.28. The monoisotopic (exact) mass is 393 g/mol. The van der Waals surface area contributed by atoms with E-state index < -0.39 is 5.97 Å². The van der Waals surface area contributed by atoms with Crippen LogP contribution in [0.1, 0.15) is 50.4 Å². The van der Waals surface area contributed by atoms with Crippen molar-refractivity contribution in [2.45, 2.75) is 40.0 Å². The molecule has 2 N–H and O–H groups in total. The topological polar surface area (TPSA) is 87.7 Å². The Hall–Kier alpha value is -2.48. The fourth-order valence-corrected chi connectivity index (χ4v) is 2.51. The summed E-state index contributed by atoms with van der Waals surface area (Å²) in [5, 5.41) is 5.50. The van der Waals surface area contributed by atoms with Crippen LogP contribution in [0.2, 0.25) is 0 Å². The van der Waals surface area contributed by atoms with E-state index in [9.17, 15) is 14.4 Å². The average Bonchev–Trinajstić information content (AvgIpc) is 2.65. The molecule has 0 aromatic heterocycles. The molecule has 0 aliphatic carbocycles. The van der Waals surface area contributed by atoms with Gasteiger partial charge in [0.15, 0.2) is 5.11 Å². The summed E-state index contributed by atoms with van der Waals surface area (Å²) >= 11 is 5.11. The molecule has 0 radical (unpaired) electrons. The Morgan fingerprint density at radius 2 is 1.81 bits per heavy atom. The van der Waals surface area contributed by atoms with Gasteiger partial charge in [0.1, 0.15) is 0 Å². The minimum absolute atomic E-state index is 0.00229. The number of ether oxygens (including phenoxy) is 1. The first kappa shape index (κ1) is 22.6. The smallest absolute Gasteiger partial charge is 0.306 e. The van der Waals surface area contributed by atoms with Crippen molar-refractivity contribution in [3.05, 3.63) is 29.8 Å². The highest BCUT2D eigenvalue weighted by Crippen LogP contribution is 2.13. The number of anilines is 1. The minimum atomic E-state index is -0.409. The van der Waals surface area contributed by atoms with Crippen LogP contribution in [0, 0.1) is 0 Å². The summed E-state index contributed by atoms with van der Waals surface area (Å²) in [5.74, 6) is -0.853. The lowest BCUT2D eigenvalue weighted by Crippen LogP contribution is -2.34. The molecular weight excluding hydrogens is 366 g/mol. The van der Waals surface area contributed by atoms with Crippen LogP contribution in [-0.2, 0) is 14.3 Å². The highest BCUT2D eigenvalue weighted by molar-refractivity contribution is 7.80. The summed E-state index contributed by atoms with van der Waals surface area (Å²) in [6, 6.07) is 6.91. The Morgan fingerprint density at radius 1 is 1.11 bits per heavy atom. The van der Waals surface area contributed by atoms with Gasteiger partial charge in [0.25, 0.3) is 5.91 Å². The van der Waals surface area contributed by atoms with Crippen LogP contribution < -0.4 is 10.6 Å². The third-order valence-corrected chi connectivity index (χ3v) is 3.90. The van der Waals surface area contributed by atoms with Crippen molar-refractivity contribution in [1.29, 1.82) is 0 Å². The third-order valence-electron chi connectivity index (χ3n) is 3.69. The number of carbonyl (C=O) groups excluding carboxylic acids is 3. The second-order valence-corrected chi connectivity index (χ2v) is 6.19. The molecule has 148 valence electrons. The lowest BCUT2D eigenvalue weighted by molar-refractivity contribution is -0.144. The maximum absolute atomic E-state index is 12.4. The first-order valence-corrected chi connectivity index (χ1v) is 9.47. The normalized spacial score (nSPS) is 10.0. The molecule has 1 aromatic carbocycles. The van der Waals surface area contributed by atoms with Crippen LogP contribution in [0.4, 0.5) is 5.69 Å². The maximum Gasteiger partial charge on any atom is 0.306 e. The molecule has 0 spiro atoms. The first-order chi connectivity index (χ1) is 12.9. The Morgan fingerprint density at radius 3 is 2.44 bits per heavy atom. The van der Waals surface area contributed by atoms with E-state index in [0.717, 1.165) is 6.42 Å². The van der Waals surface area contributed by atoms with Crippen molar-refractivity contribution in [3.63, 3.8) is 0 Å². The molecule has 2 amide bonds. The highest BCUT2D eigenvalue weighted by atomic mass is 32.1. The Balaban J connectivity index is 2.55. The molecule has 0 heterocycles. The number of hydrogen-bond acceptors (Lipinski definition) is 5. The van der Waals surface area contributed by atoms with Crippen molar-refractivity contribution >= 4 is 40.8 Å². The number of thiocarbonyl (C=S) groups is 1. The van der Waals surface area contributed by atoms with Gasteiger partial charge in [0.05, 0.1) is 13.0 Å². The predicted octanol–water partition coefficient (Wildman–Crippen LogP) is 2.72. The average molecular weight is 394 g/mol. The van der Waals surface area contributed by atoms with Gasteiger partial charge in [-0.25, -0.2) is 0 Å². The molecule has 1 aromatic rings. The third kappa shape index (κ3) is 8.17. The summed E-state index contributed by atoms with van der Waals surface area (Å²) in [7, 11) is 0. The molecule has 1 rings (SSSR count). The van der Waals surface area contributed by atoms with Crippen molar-refractivity contribution in [2.75, 3.05) is 25.0 Å². The quantitative estimate of drug-likeness (QED) is 0.495. The zero-order valence-electron chi connectivity index (χ0n) is 16.0. The van der Waals surface area contributed by atoms with Crippen LogP contribution in [0.5, 0.6) is 0 Å². The molecule has 0 saturated heterocycles. The van der Waals surface area contributed by atoms with Gasteiger partial charge in [0, 0.05) is 30.8 Å². The van der Waals surface area contributed by atoms with Crippen molar-refractivity contribution in [1.82, 2.24) is 10.2 Å². The van der Waals surface area contributed by atoms with Crippen molar-refractivity contribution < 1.29 is 19.1 Å². The van der Waals surface area contributed by atoms with Crippen LogP contribution in [-0.4, -0.2) is 47.5 Å². The van der Waals surface area contributed by atoms with Gasteiger partial charge in [-0.1, -0.05) is 13.0 Å². The van der Waals surface area contributed by atoms with Crippen molar-refractivity contribution in [2.24, 2.45) is 0 Å². The predicted molar refractivity (Wildman–Crippen MR) is 109 cm³/mol. The van der Waals surface area contributed by atoms with Gasteiger partial charge >= 0.3 is 5.97 Å². The SMILES string of the molecule is CCCOC(=O)CCC(=O)NC(=S)Nc1cccc(C(=O)N(CC)CC)c1. The van der Waals surface area contributed by atoms with E-state index >= 15 is 0 Å². The van der Waals surface area contributed by atoms with E-state index in [2.05, 4.69) is 10.6 Å². The van der Waals surface area contributed by atoms with Crippen LogP contribution in [0.15, 0.2) is 24.3 Å². The van der Waals surface area contributed by atoms with E-state index in [1.165, 1.54) is 0 Å². The number of amides is 2. The molecule has 7 nitrogen and oxygen atoms in total. The van der Waals surface area contributed by atoms with Crippen LogP contribution >= 0.6 is 12.2 Å².